The molecule has 0 fully saturated rings. The number of fused-ring (bicyclic) bond motifs is 1. The Balaban J connectivity index is 1.65. The van der Waals surface area contributed by atoms with Crippen LogP contribution in [0.25, 0.3) is 0 Å². The molecule has 0 aliphatic heterocycles. The van der Waals surface area contributed by atoms with Crippen LogP contribution in [0.1, 0.15) is 30.0 Å². The highest BCUT2D eigenvalue weighted by atomic mass is 35.5. The van der Waals surface area contributed by atoms with Crippen molar-refractivity contribution in [1.29, 1.82) is 0 Å². The van der Waals surface area contributed by atoms with E-state index in [-0.39, 0.29) is 18.5 Å². The molecule has 3 rings (SSSR count). The van der Waals surface area contributed by atoms with Crippen molar-refractivity contribution in [3.8, 4) is 0 Å². The fourth-order valence-electron chi connectivity index (χ4n) is 3.17. The van der Waals surface area contributed by atoms with Crippen LogP contribution in [0.5, 0.6) is 0 Å². The van der Waals surface area contributed by atoms with Gasteiger partial charge in [-0.3, -0.25) is 4.79 Å². The molecule has 0 spiro atoms. The fourth-order valence-corrected chi connectivity index (χ4v) is 3.30. The highest BCUT2D eigenvalue weighted by Gasteiger charge is 2.26. The second kappa shape index (κ2) is 7.05. The molecule has 0 heterocycles. The lowest BCUT2D eigenvalue weighted by Gasteiger charge is -2.33. The molecule has 0 aromatic heterocycles. The molecule has 1 aliphatic rings. The Hall–Kier alpha value is -2.00. The predicted molar refractivity (Wildman–Crippen MR) is 94.8 cm³/mol. The third kappa shape index (κ3) is 3.67. The number of amides is 1. The average molecular weight is 329 g/mol. The molecule has 3 nitrogen and oxygen atoms in total. The molecule has 0 radical (unpaired) electrons. The second-order valence-corrected chi connectivity index (χ2v) is 6.41. The van der Waals surface area contributed by atoms with Crippen molar-refractivity contribution in [3.05, 3.63) is 64.7 Å². The third-order valence-electron chi connectivity index (χ3n) is 4.49. The number of rotatable bonds is 4. The number of nitrogens with one attached hydrogen (secondary N) is 1. The molecule has 4 heteroatoms. The number of benzene rings is 2. The van der Waals surface area contributed by atoms with Crippen molar-refractivity contribution in [1.82, 2.24) is 4.90 Å². The third-order valence-corrected chi connectivity index (χ3v) is 4.74. The van der Waals surface area contributed by atoms with Crippen molar-refractivity contribution >= 4 is 23.2 Å². The van der Waals surface area contributed by atoms with Gasteiger partial charge in [-0.25, -0.2) is 0 Å². The minimum absolute atomic E-state index is 0.0988. The van der Waals surface area contributed by atoms with Crippen LogP contribution in [0.4, 0.5) is 5.69 Å². The van der Waals surface area contributed by atoms with E-state index < -0.39 is 0 Å². The van der Waals surface area contributed by atoms with Gasteiger partial charge < -0.3 is 10.2 Å². The van der Waals surface area contributed by atoms with Crippen LogP contribution >= 0.6 is 11.6 Å². The monoisotopic (exact) mass is 328 g/mol. The lowest BCUT2D eigenvalue weighted by molar-refractivity contribution is -0.130. The molecule has 120 valence electrons. The van der Waals surface area contributed by atoms with Gasteiger partial charge in [0.25, 0.3) is 0 Å². The number of hydrogen-bond acceptors (Lipinski definition) is 2. The van der Waals surface area contributed by atoms with E-state index in [4.69, 9.17) is 11.6 Å². The van der Waals surface area contributed by atoms with E-state index >= 15 is 0 Å². The molecule has 0 bridgehead atoms. The Morgan fingerprint density at radius 2 is 1.96 bits per heavy atom. The first-order valence-electron chi connectivity index (χ1n) is 7.98. The van der Waals surface area contributed by atoms with Crippen LogP contribution < -0.4 is 5.32 Å². The minimum atomic E-state index is 0.0988. The summed E-state index contributed by atoms with van der Waals surface area (Å²) in [7, 11) is 1.90. The zero-order valence-electron chi connectivity index (χ0n) is 13.3. The summed E-state index contributed by atoms with van der Waals surface area (Å²) in [6.07, 6.45) is 3.27. The van der Waals surface area contributed by atoms with Gasteiger partial charge in [0.15, 0.2) is 0 Å². The number of hydrogen-bond donors (Lipinski definition) is 1. The molecular weight excluding hydrogens is 308 g/mol. The van der Waals surface area contributed by atoms with Crippen LogP contribution in [0.3, 0.4) is 0 Å². The lowest BCUT2D eigenvalue weighted by atomic mass is 9.87. The van der Waals surface area contributed by atoms with Crippen molar-refractivity contribution < 1.29 is 4.79 Å². The van der Waals surface area contributed by atoms with Gasteiger partial charge >= 0.3 is 0 Å². The minimum Gasteiger partial charge on any atom is -0.376 e. The Labute approximate surface area is 142 Å². The van der Waals surface area contributed by atoms with Crippen LogP contribution in [0, 0.1) is 0 Å². The summed E-state index contributed by atoms with van der Waals surface area (Å²) in [5.41, 5.74) is 3.57. The molecule has 2 aromatic rings. The van der Waals surface area contributed by atoms with Crippen molar-refractivity contribution in [2.75, 3.05) is 18.9 Å². The molecular formula is C19H21ClN2O. The van der Waals surface area contributed by atoms with E-state index in [1.807, 2.05) is 36.2 Å². The fraction of sp³-hybridized carbons (Fsp3) is 0.316. The normalized spacial score (nSPS) is 16.5. The van der Waals surface area contributed by atoms with Crippen LogP contribution in [0.15, 0.2) is 48.5 Å². The first kappa shape index (κ1) is 15.9. The van der Waals surface area contributed by atoms with Crippen molar-refractivity contribution in [3.63, 3.8) is 0 Å². The molecule has 1 N–H and O–H groups in total. The van der Waals surface area contributed by atoms with Gasteiger partial charge in [0.1, 0.15) is 0 Å². The zero-order chi connectivity index (χ0) is 16.2. The standard InChI is InChI=1S/C19H21ClN2O/c1-22(18-8-4-6-14-5-2-3-7-17(14)18)19(23)13-21-16-11-9-15(20)10-12-16/h2-3,5,7,9-12,18,21H,4,6,8,13H2,1H3. The molecule has 2 aromatic carbocycles. The maximum Gasteiger partial charge on any atom is 0.242 e. The molecule has 1 amide bonds. The van der Waals surface area contributed by atoms with E-state index in [1.165, 1.54) is 11.1 Å². The predicted octanol–water partition coefficient (Wildman–Crippen LogP) is 4.29. The topological polar surface area (TPSA) is 32.3 Å². The summed E-state index contributed by atoms with van der Waals surface area (Å²) >= 11 is 5.87. The summed E-state index contributed by atoms with van der Waals surface area (Å²) in [6.45, 7) is 0.288. The molecule has 1 unspecified atom stereocenters. The van der Waals surface area contributed by atoms with Crippen molar-refractivity contribution in [2.24, 2.45) is 0 Å². The van der Waals surface area contributed by atoms with Gasteiger partial charge in [-0.1, -0.05) is 35.9 Å². The highest BCUT2D eigenvalue weighted by Crippen LogP contribution is 2.33. The Kier molecular flexibility index (Phi) is 4.87. The highest BCUT2D eigenvalue weighted by molar-refractivity contribution is 6.30. The average Bonchev–Trinajstić information content (AvgIpc) is 2.60. The van der Waals surface area contributed by atoms with Crippen LogP contribution in [0.2, 0.25) is 5.02 Å². The summed E-state index contributed by atoms with van der Waals surface area (Å²) < 4.78 is 0. The van der Waals surface area contributed by atoms with Crippen LogP contribution in [-0.4, -0.2) is 24.4 Å². The second-order valence-electron chi connectivity index (χ2n) is 5.97. The molecule has 0 saturated carbocycles. The summed E-state index contributed by atoms with van der Waals surface area (Å²) in [5.74, 6) is 0.0988. The first-order valence-corrected chi connectivity index (χ1v) is 8.36. The maximum atomic E-state index is 12.5. The zero-order valence-corrected chi connectivity index (χ0v) is 14.0. The van der Waals surface area contributed by atoms with E-state index in [0.29, 0.717) is 5.02 Å². The van der Waals surface area contributed by atoms with Gasteiger partial charge in [0, 0.05) is 17.8 Å². The van der Waals surface area contributed by atoms with Gasteiger partial charge in [0.05, 0.1) is 12.6 Å². The molecule has 0 saturated heterocycles. The number of likely N-dealkylation sites (N-methyl/N-ethyl adjacent to an activating group) is 1. The van der Waals surface area contributed by atoms with Gasteiger partial charge in [-0.2, -0.15) is 0 Å². The van der Waals surface area contributed by atoms with Crippen molar-refractivity contribution in [2.45, 2.75) is 25.3 Å². The van der Waals surface area contributed by atoms with E-state index in [1.54, 1.807) is 0 Å². The first-order chi connectivity index (χ1) is 11.1. The number of carbonyl (C=O) groups excluding carboxylic acids is 1. The maximum absolute atomic E-state index is 12.5. The molecule has 1 atom stereocenters. The number of nitrogens with zero attached hydrogens (tertiary/aromatic N) is 1. The number of aryl methyl sites for hydroxylation is 1. The van der Waals surface area contributed by atoms with Crippen LogP contribution in [-0.2, 0) is 11.2 Å². The lowest BCUT2D eigenvalue weighted by Crippen LogP contribution is -2.36. The van der Waals surface area contributed by atoms with Gasteiger partial charge in [-0.05, 0) is 54.7 Å². The summed E-state index contributed by atoms with van der Waals surface area (Å²) in [5, 5.41) is 3.86. The quantitative estimate of drug-likeness (QED) is 0.908. The largest absolute Gasteiger partial charge is 0.376 e. The Morgan fingerprint density at radius 3 is 2.74 bits per heavy atom. The Morgan fingerprint density at radius 1 is 1.22 bits per heavy atom. The van der Waals surface area contributed by atoms with Gasteiger partial charge in [-0.15, -0.1) is 0 Å². The van der Waals surface area contributed by atoms with E-state index in [0.717, 1.165) is 24.9 Å². The Bertz CT molecular complexity index is 684. The SMILES string of the molecule is CN(C(=O)CNc1ccc(Cl)cc1)C1CCCc2ccccc21. The summed E-state index contributed by atoms with van der Waals surface area (Å²) in [6, 6.07) is 16.0. The number of anilines is 1. The van der Waals surface area contributed by atoms with E-state index in [2.05, 4.69) is 29.6 Å². The smallest absolute Gasteiger partial charge is 0.242 e. The van der Waals surface area contributed by atoms with E-state index in [9.17, 15) is 4.79 Å². The summed E-state index contributed by atoms with van der Waals surface area (Å²) in [4.78, 5) is 14.4. The number of carbonyl (C=O) groups is 1. The molecule has 1 aliphatic carbocycles. The molecule has 23 heavy (non-hydrogen) atoms. The number of halogens is 1. The van der Waals surface area contributed by atoms with Gasteiger partial charge in [0.2, 0.25) is 5.91 Å².